The molecule has 1 aromatic heterocycles. The minimum atomic E-state index is -4.48. The molecule has 0 unspecified atom stereocenters. The number of anilines is 2. The first-order valence-corrected chi connectivity index (χ1v) is 6.90. The molecule has 0 saturated heterocycles. The molecule has 3 aromatic rings. The van der Waals surface area contributed by atoms with Gasteiger partial charge in [-0.2, -0.15) is 17.9 Å². The Hall–Kier alpha value is -2.68. The molecule has 0 saturated carbocycles. The Morgan fingerprint density at radius 1 is 1.08 bits per heavy atom. The molecule has 0 bridgehead atoms. The number of nitrogens with one attached hydrogen (secondary N) is 1. The topological polar surface area (TPSA) is 55.6 Å². The summed E-state index contributed by atoms with van der Waals surface area (Å²) in [5.41, 5.74) is -0.332. The maximum absolute atomic E-state index is 13.2. The zero-order chi connectivity index (χ0) is 17.3. The normalized spacial score (nSPS) is 11.5. The number of hydrogen-bond acceptors (Lipinski definition) is 4. The molecule has 24 heavy (non-hydrogen) atoms. The SMILES string of the molecule is Fc1ccc(Nc2nnnn2-c2cccc(C(F)(F)F)c2)cc1Cl. The van der Waals surface area contributed by atoms with Crippen molar-refractivity contribution in [1.29, 1.82) is 0 Å². The Morgan fingerprint density at radius 2 is 1.88 bits per heavy atom. The van der Waals surface area contributed by atoms with Crippen LogP contribution >= 0.6 is 11.6 Å². The lowest BCUT2D eigenvalue weighted by molar-refractivity contribution is -0.137. The fourth-order valence-electron chi connectivity index (χ4n) is 1.96. The lowest BCUT2D eigenvalue weighted by Crippen LogP contribution is -2.08. The van der Waals surface area contributed by atoms with Crippen molar-refractivity contribution in [3.8, 4) is 5.69 Å². The van der Waals surface area contributed by atoms with E-state index in [2.05, 4.69) is 20.8 Å². The highest BCUT2D eigenvalue weighted by Crippen LogP contribution is 2.30. The van der Waals surface area contributed by atoms with Gasteiger partial charge in [0.1, 0.15) is 5.82 Å². The summed E-state index contributed by atoms with van der Waals surface area (Å²) in [6, 6.07) is 8.38. The van der Waals surface area contributed by atoms with Gasteiger partial charge in [0.15, 0.2) is 0 Å². The first-order valence-electron chi connectivity index (χ1n) is 6.53. The van der Waals surface area contributed by atoms with Gasteiger partial charge in [0.2, 0.25) is 0 Å². The van der Waals surface area contributed by atoms with Gasteiger partial charge in [0.25, 0.3) is 5.95 Å². The van der Waals surface area contributed by atoms with Crippen LogP contribution in [0.1, 0.15) is 5.56 Å². The summed E-state index contributed by atoms with van der Waals surface area (Å²) in [5, 5.41) is 13.5. The van der Waals surface area contributed by atoms with Gasteiger partial charge < -0.3 is 5.32 Å². The van der Waals surface area contributed by atoms with Crippen LogP contribution in [0.4, 0.5) is 29.2 Å². The minimum Gasteiger partial charge on any atom is -0.323 e. The number of aromatic nitrogens is 4. The predicted octanol–water partition coefficient (Wildman–Crippen LogP) is 4.22. The van der Waals surface area contributed by atoms with E-state index in [1.165, 1.54) is 24.3 Å². The van der Waals surface area contributed by atoms with E-state index in [1.54, 1.807) is 0 Å². The van der Waals surface area contributed by atoms with Crippen LogP contribution in [0, 0.1) is 5.82 Å². The summed E-state index contributed by atoms with van der Waals surface area (Å²) in [7, 11) is 0. The highest BCUT2D eigenvalue weighted by atomic mass is 35.5. The molecule has 0 aliphatic heterocycles. The molecule has 0 fully saturated rings. The largest absolute Gasteiger partial charge is 0.416 e. The summed E-state index contributed by atoms with van der Waals surface area (Å²) < 4.78 is 52.7. The minimum absolute atomic E-state index is 0.0528. The second kappa shape index (κ2) is 6.08. The summed E-state index contributed by atoms with van der Waals surface area (Å²) in [5.74, 6) is -0.545. The molecule has 3 rings (SSSR count). The van der Waals surface area contributed by atoms with Gasteiger partial charge >= 0.3 is 6.18 Å². The molecule has 5 nitrogen and oxygen atoms in total. The fraction of sp³-hybridized carbons (Fsp3) is 0.0714. The zero-order valence-electron chi connectivity index (χ0n) is 11.7. The molecule has 2 aromatic carbocycles. The second-order valence-electron chi connectivity index (χ2n) is 4.72. The number of benzene rings is 2. The standard InChI is InChI=1S/C14H8ClF4N5/c15-11-7-9(4-5-12(11)16)20-13-21-22-23-24(13)10-3-1-2-8(6-10)14(17,18)19/h1-7H,(H,20,21,23). The summed E-state index contributed by atoms with van der Waals surface area (Å²) in [6.07, 6.45) is -4.48. The lowest BCUT2D eigenvalue weighted by Gasteiger charge is -2.10. The average Bonchev–Trinajstić information content (AvgIpc) is 2.98. The summed E-state index contributed by atoms with van der Waals surface area (Å²) in [6.45, 7) is 0. The summed E-state index contributed by atoms with van der Waals surface area (Å²) in [4.78, 5) is 0. The molecule has 1 heterocycles. The predicted molar refractivity (Wildman–Crippen MR) is 78.8 cm³/mol. The third-order valence-electron chi connectivity index (χ3n) is 3.06. The number of alkyl halides is 3. The van der Waals surface area contributed by atoms with Crippen molar-refractivity contribution in [3.63, 3.8) is 0 Å². The number of nitrogens with zero attached hydrogens (tertiary/aromatic N) is 4. The van der Waals surface area contributed by atoms with Crippen molar-refractivity contribution in [1.82, 2.24) is 20.2 Å². The molecule has 0 aliphatic carbocycles. The maximum atomic E-state index is 13.2. The van der Waals surface area contributed by atoms with E-state index in [0.29, 0.717) is 5.69 Å². The Labute approximate surface area is 137 Å². The fourth-order valence-corrected chi connectivity index (χ4v) is 2.14. The average molecular weight is 358 g/mol. The Kier molecular flexibility index (Phi) is 4.10. The molecule has 0 amide bonds. The Morgan fingerprint density at radius 3 is 2.58 bits per heavy atom. The van der Waals surface area contributed by atoms with E-state index in [1.807, 2.05) is 0 Å². The third-order valence-corrected chi connectivity index (χ3v) is 3.35. The molecular formula is C14H8ClF4N5. The number of halogens is 5. The molecule has 1 N–H and O–H groups in total. The molecule has 0 aliphatic rings. The molecule has 0 radical (unpaired) electrons. The number of rotatable bonds is 3. The smallest absolute Gasteiger partial charge is 0.323 e. The van der Waals surface area contributed by atoms with Crippen LogP contribution < -0.4 is 5.32 Å². The van der Waals surface area contributed by atoms with Gasteiger partial charge in [-0.15, -0.1) is 0 Å². The van der Waals surface area contributed by atoms with Crippen molar-refractivity contribution in [2.75, 3.05) is 5.32 Å². The highest BCUT2D eigenvalue weighted by molar-refractivity contribution is 6.31. The van der Waals surface area contributed by atoms with E-state index in [4.69, 9.17) is 11.6 Å². The van der Waals surface area contributed by atoms with Crippen molar-refractivity contribution < 1.29 is 17.6 Å². The highest BCUT2D eigenvalue weighted by Gasteiger charge is 2.30. The van der Waals surface area contributed by atoms with Gasteiger partial charge in [-0.1, -0.05) is 22.8 Å². The third kappa shape index (κ3) is 3.30. The van der Waals surface area contributed by atoms with Gasteiger partial charge in [-0.25, -0.2) is 4.39 Å². The monoisotopic (exact) mass is 357 g/mol. The van der Waals surface area contributed by atoms with Gasteiger partial charge in [-0.3, -0.25) is 0 Å². The zero-order valence-corrected chi connectivity index (χ0v) is 12.5. The summed E-state index contributed by atoms with van der Waals surface area (Å²) >= 11 is 5.68. The van der Waals surface area contributed by atoms with Crippen LogP contribution in [0.3, 0.4) is 0 Å². The van der Waals surface area contributed by atoms with Crippen LogP contribution in [-0.4, -0.2) is 20.2 Å². The first kappa shape index (κ1) is 16.2. The van der Waals surface area contributed by atoms with E-state index in [9.17, 15) is 17.6 Å². The molecule has 0 atom stereocenters. The van der Waals surface area contributed by atoms with Gasteiger partial charge in [0, 0.05) is 5.69 Å². The van der Waals surface area contributed by atoms with Crippen LogP contribution in [0.2, 0.25) is 5.02 Å². The van der Waals surface area contributed by atoms with Crippen LogP contribution in [0.5, 0.6) is 0 Å². The van der Waals surface area contributed by atoms with Crippen molar-refractivity contribution in [2.45, 2.75) is 6.18 Å². The number of hydrogen-bond donors (Lipinski definition) is 1. The second-order valence-corrected chi connectivity index (χ2v) is 5.12. The van der Waals surface area contributed by atoms with Crippen molar-refractivity contribution >= 4 is 23.2 Å². The van der Waals surface area contributed by atoms with Gasteiger partial charge in [0.05, 0.1) is 16.3 Å². The molecule has 124 valence electrons. The Balaban J connectivity index is 1.94. The molecular weight excluding hydrogens is 350 g/mol. The number of tetrazole rings is 1. The van der Waals surface area contributed by atoms with E-state index in [-0.39, 0.29) is 16.7 Å². The molecule has 0 spiro atoms. The van der Waals surface area contributed by atoms with Crippen molar-refractivity contribution in [3.05, 3.63) is 58.9 Å². The van der Waals surface area contributed by atoms with Crippen LogP contribution in [0.25, 0.3) is 5.69 Å². The maximum Gasteiger partial charge on any atom is 0.416 e. The Bertz CT molecular complexity index is 878. The molecule has 10 heteroatoms. The van der Waals surface area contributed by atoms with Crippen molar-refractivity contribution in [2.24, 2.45) is 0 Å². The van der Waals surface area contributed by atoms with E-state index in [0.717, 1.165) is 22.9 Å². The van der Waals surface area contributed by atoms with Crippen LogP contribution in [-0.2, 0) is 6.18 Å². The quantitative estimate of drug-likeness (QED) is 0.713. The van der Waals surface area contributed by atoms with E-state index >= 15 is 0 Å². The first-order chi connectivity index (χ1) is 11.3. The van der Waals surface area contributed by atoms with Crippen LogP contribution in [0.15, 0.2) is 42.5 Å². The lowest BCUT2D eigenvalue weighted by atomic mass is 10.2. The van der Waals surface area contributed by atoms with Gasteiger partial charge in [-0.05, 0) is 46.8 Å². The van der Waals surface area contributed by atoms with E-state index < -0.39 is 17.6 Å².